The number of carbonyl (C=O) groups excluding carboxylic acids is 2. The number of carbonyl (C=O) groups is 2. The number of ether oxygens (including phenoxy) is 2. The van der Waals surface area contributed by atoms with E-state index in [1.54, 1.807) is 18.2 Å². The van der Waals surface area contributed by atoms with Gasteiger partial charge < -0.3 is 19.7 Å². The Morgan fingerprint density at radius 1 is 1.15 bits per heavy atom. The molecule has 184 valence electrons. The fraction of sp³-hybridized carbons (Fsp3) is 0.391. The third-order valence-electron chi connectivity index (χ3n) is 4.86. The van der Waals surface area contributed by atoms with E-state index >= 15 is 0 Å². The maximum absolute atomic E-state index is 13.2. The van der Waals surface area contributed by atoms with Gasteiger partial charge in [0.05, 0.1) is 22.1 Å². The number of nitro groups is 1. The first-order valence-corrected chi connectivity index (χ1v) is 11.3. The Kier molecular flexibility index (Phi) is 9.95. The molecule has 0 fully saturated rings. The van der Waals surface area contributed by atoms with Crippen LogP contribution in [-0.2, 0) is 16.1 Å². The van der Waals surface area contributed by atoms with Crippen LogP contribution in [0.1, 0.15) is 32.8 Å². The molecule has 11 heteroatoms. The van der Waals surface area contributed by atoms with Crippen molar-refractivity contribution in [1.29, 1.82) is 0 Å². The number of nitro benzene ring substituents is 1. The van der Waals surface area contributed by atoms with Crippen LogP contribution in [0.15, 0.2) is 36.4 Å². The van der Waals surface area contributed by atoms with Gasteiger partial charge >= 0.3 is 5.69 Å². The van der Waals surface area contributed by atoms with E-state index < -0.39 is 23.5 Å². The summed E-state index contributed by atoms with van der Waals surface area (Å²) in [4.78, 5) is 38.0. The summed E-state index contributed by atoms with van der Waals surface area (Å²) in [6, 6.07) is 8.07. The maximum Gasteiger partial charge on any atom is 0.311 e. The van der Waals surface area contributed by atoms with E-state index in [9.17, 15) is 19.7 Å². The lowest BCUT2D eigenvalue weighted by Gasteiger charge is -2.31. The molecule has 2 aromatic carbocycles. The highest BCUT2D eigenvalue weighted by molar-refractivity contribution is 6.42. The summed E-state index contributed by atoms with van der Waals surface area (Å²) in [6.07, 6.45) is 0.372. The molecule has 0 spiro atoms. The summed E-state index contributed by atoms with van der Waals surface area (Å²) in [6.45, 7) is 5.18. The van der Waals surface area contributed by atoms with Gasteiger partial charge in [0.1, 0.15) is 11.8 Å². The lowest BCUT2D eigenvalue weighted by Crippen LogP contribution is -2.51. The molecule has 0 saturated heterocycles. The topological polar surface area (TPSA) is 111 Å². The molecule has 0 aliphatic carbocycles. The van der Waals surface area contributed by atoms with Crippen molar-refractivity contribution in [3.63, 3.8) is 0 Å². The van der Waals surface area contributed by atoms with Crippen molar-refractivity contribution in [2.45, 2.75) is 45.8 Å². The van der Waals surface area contributed by atoms with Crippen molar-refractivity contribution in [1.82, 2.24) is 10.2 Å². The first kappa shape index (κ1) is 27.2. The van der Waals surface area contributed by atoms with Crippen LogP contribution in [0.25, 0.3) is 0 Å². The second kappa shape index (κ2) is 12.4. The highest BCUT2D eigenvalue weighted by atomic mass is 35.5. The number of halogens is 2. The van der Waals surface area contributed by atoms with E-state index in [1.165, 1.54) is 30.2 Å². The molecule has 2 amide bonds. The summed E-state index contributed by atoms with van der Waals surface area (Å²) in [7, 11) is 1.30. The fourth-order valence-corrected chi connectivity index (χ4v) is 3.58. The average molecular weight is 512 g/mol. The Labute approximate surface area is 208 Å². The average Bonchev–Trinajstić information content (AvgIpc) is 2.78. The van der Waals surface area contributed by atoms with Gasteiger partial charge in [-0.25, -0.2) is 0 Å². The summed E-state index contributed by atoms with van der Waals surface area (Å²) in [5.41, 5.74) is 0.467. The van der Waals surface area contributed by atoms with E-state index in [-0.39, 0.29) is 35.7 Å². The third-order valence-corrected chi connectivity index (χ3v) is 5.60. The Balaban J connectivity index is 2.27. The van der Waals surface area contributed by atoms with E-state index in [0.29, 0.717) is 22.0 Å². The fourth-order valence-electron chi connectivity index (χ4n) is 3.26. The first-order valence-electron chi connectivity index (χ1n) is 10.6. The molecule has 0 aliphatic heterocycles. The Bertz CT molecular complexity index is 1050. The van der Waals surface area contributed by atoms with E-state index in [1.807, 2.05) is 20.8 Å². The molecule has 2 rings (SSSR count). The van der Waals surface area contributed by atoms with Gasteiger partial charge in [0.25, 0.3) is 5.91 Å². The van der Waals surface area contributed by atoms with Crippen LogP contribution >= 0.6 is 23.2 Å². The van der Waals surface area contributed by atoms with Gasteiger partial charge in [0.2, 0.25) is 11.7 Å². The van der Waals surface area contributed by atoms with Crippen LogP contribution < -0.4 is 14.8 Å². The minimum Gasteiger partial charge on any atom is -0.490 e. The summed E-state index contributed by atoms with van der Waals surface area (Å²) < 4.78 is 10.6. The number of methoxy groups -OCH3 is 1. The third kappa shape index (κ3) is 7.23. The minimum atomic E-state index is -0.751. The maximum atomic E-state index is 13.2. The molecule has 0 saturated carbocycles. The van der Waals surface area contributed by atoms with Gasteiger partial charge in [-0.2, -0.15) is 0 Å². The van der Waals surface area contributed by atoms with Crippen LogP contribution in [0.4, 0.5) is 5.69 Å². The van der Waals surface area contributed by atoms with Crippen LogP contribution in [0.3, 0.4) is 0 Å². The molecule has 0 heterocycles. The second-order valence-electron chi connectivity index (χ2n) is 7.74. The highest BCUT2D eigenvalue weighted by Gasteiger charge is 2.29. The zero-order valence-electron chi connectivity index (χ0n) is 19.3. The van der Waals surface area contributed by atoms with Crippen molar-refractivity contribution in [3.8, 4) is 11.5 Å². The highest BCUT2D eigenvalue weighted by Crippen LogP contribution is 2.31. The van der Waals surface area contributed by atoms with Crippen molar-refractivity contribution in [3.05, 3.63) is 62.1 Å². The Hall–Kier alpha value is -3.04. The molecule has 34 heavy (non-hydrogen) atoms. The van der Waals surface area contributed by atoms with Gasteiger partial charge in [-0.05, 0) is 44.0 Å². The second-order valence-corrected chi connectivity index (χ2v) is 8.55. The predicted molar refractivity (Wildman–Crippen MR) is 130 cm³/mol. The number of hydrogen-bond acceptors (Lipinski definition) is 6. The van der Waals surface area contributed by atoms with Gasteiger partial charge in [-0.15, -0.1) is 0 Å². The van der Waals surface area contributed by atoms with Crippen LogP contribution in [0.5, 0.6) is 11.5 Å². The SMILES string of the molecule is CC[C@H](C(=O)NC(C)C)N(Cc1ccc(Cl)c(Cl)c1)C(=O)COc1ccc([N+](=O)[O-])c(OC)c1. The Morgan fingerprint density at radius 2 is 1.85 bits per heavy atom. The summed E-state index contributed by atoms with van der Waals surface area (Å²) >= 11 is 12.1. The van der Waals surface area contributed by atoms with Gasteiger partial charge in [-0.3, -0.25) is 19.7 Å². The van der Waals surface area contributed by atoms with Crippen LogP contribution in [0, 0.1) is 10.1 Å². The number of amides is 2. The van der Waals surface area contributed by atoms with Crippen molar-refractivity contribution in [2.24, 2.45) is 0 Å². The standard InChI is InChI=1S/C23H27Cl2N3O6/c1-5-19(23(30)26-14(2)3)27(12-15-6-8-17(24)18(25)10-15)22(29)13-34-16-7-9-20(28(31)32)21(11-16)33-4/h6-11,14,19H,5,12-13H2,1-4H3,(H,26,30)/t19-/m1/s1. The molecule has 0 aliphatic rings. The molecule has 0 aromatic heterocycles. The van der Waals surface area contributed by atoms with Crippen molar-refractivity contribution >= 4 is 40.7 Å². The number of nitrogens with zero attached hydrogens (tertiary/aromatic N) is 2. The molecule has 1 atom stereocenters. The molecular weight excluding hydrogens is 485 g/mol. The number of rotatable bonds is 11. The minimum absolute atomic E-state index is 0.00496. The van der Waals surface area contributed by atoms with Crippen LogP contribution in [0.2, 0.25) is 10.0 Å². The molecule has 0 radical (unpaired) electrons. The molecule has 0 bridgehead atoms. The van der Waals surface area contributed by atoms with Gasteiger partial charge in [0.15, 0.2) is 6.61 Å². The van der Waals surface area contributed by atoms with Crippen molar-refractivity contribution in [2.75, 3.05) is 13.7 Å². The largest absolute Gasteiger partial charge is 0.490 e. The summed E-state index contributed by atoms with van der Waals surface area (Å²) in [5.74, 6) is -0.521. The molecule has 2 aromatic rings. The van der Waals surface area contributed by atoms with Gasteiger partial charge in [-0.1, -0.05) is 36.2 Å². The van der Waals surface area contributed by atoms with Gasteiger partial charge in [0, 0.05) is 24.7 Å². The lowest BCUT2D eigenvalue weighted by molar-refractivity contribution is -0.385. The quantitative estimate of drug-likeness (QED) is 0.348. The number of benzene rings is 2. The van der Waals surface area contributed by atoms with E-state index in [4.69, 9.17) is 32.7 Å². The Morgan fingerprint density at radius 3 is 2.41 bits per heavy atom. The monoisotopic (exact) mass is 511 g/mol. The molecular formula is C23H27Cl2N3O6. The number of nitrogens with one attached hydrogen (secondary N) is 1. The lowest BCUT2D eigenvalue weighted by atomic mass is 10.1. The smallest absolute Gasteiger partial charge is 0.311 e. The molecule has 1 N–H and O–H groups in total. The molecule has 9 nitrogen and oxygen atoms in total. The zero-order valence-corrected chi connectivity index (χ0v) is 20.9. The molecule has 0 unspecified atom stereocenters. The van der Waals surface area contributed by atoms with E-state index in [0.717, 1.165) is 0 Å². The van der Waals surface area contributed by atoms with E-state index in [2.05, 4.69) is 5.32 Å². The van der Waals surface area contributed by atoms with Crippen molar-refractivity contribution < 1.29 is 24.0 Å². The summed E-state index contributed by atoms with van der Waals surface area (Å²) in [5, 5.41) is 14.6. The normalized spacial score (nSPS) is 11.6. The predicted octanol–water partition coefficient (Wildman–Crippen LogP) is 4.62. The number of hydrogen-bond donors (Lipinski definition) is 1. The zero-order chi connectivity index (χ0) is 25.4. The van der Waals surface area contributed by atoms with Crippen LogP contribution in [-0.4, -0.2) is 47.4 Å². The first-order chi connectivity index (χ1) is 16.1.